The van der Waals surface area contributed by atoms with E-state index < -0.39 is 11.0 Å². The van der Waals surface area contributed by atoms with E-state index >= 15 is 0 Å². The molecule has 0 amide bonds. The van der Waals surface area contributed by atoms with Crippen molar-refractivity contribution < 1.29 is 13.7 Å². The molecule has 190 valence electrons. The molecule has 1 N–H and O–H groups in total. The van der Waals surface area contributed by atoms with E-state index in [0.29, 0.717) is 13.2 Å². The lowest BCUT2D eigenvalue weighted by atomic mass is 10.0. The molecule has 1 aromatic heterocycles. The summed E-state index contributed by atoms with van der Waals surface area (Å²) in [6, 6.07) is 19.6. The smallest absolute Gasteiger partial charge is 0.168 e. The van der Waals surface area contributed by atoms with Crippen LogP contribution in [0.1, 0.15) is 77.1 Å². The van der Waals surface area contributed by atoms with Crippen molar-refractivity contribution in [1.82, 2.24) is 4.72 Å². The van der Waals surface area contributed by atoms with E-state index in [9.17, 15) is 4.21 Å². The number of nitrogens with one attached hydrogen (secondary N) is 1. The zero-order valence-electron chi connectivity index (χ0n) is 21.5. The fourth-order valence-electron chi connectivity index (χ4n) is 4.54. The fraction of sp³-hybridized carbons (Fsp3) is 0.517. The van der Waals surface area contributed by atoms with E-state index in [0.717, 1.165) is 38.5 Å². The summed E-state index contributed by atoms with van der Waals surface area (Å²) in [6.45, 7) is 9.61. The van der Waals surface area contributed by atoms with Crippen LogP contribution in [-0.2, 0) is 20.5 Å². The van der Waals surface area contributed by atoms with Gasteiger partial charge in [0.05, 0.1) is 35.0 Å². The number of unbranched alkanes of at least 4 members (excludes halogenated alkanes) is 2. The van der Waals surface area contributed by atoms with Gasteiger partial charge in [-0.25, -0.2) is 8.93 Å². The van der Waals surface area contributed by atoms with Crippen LogP contribution in [0.3, 0.4) is 0 Å². The maximum absolute atomic E-state index is 13.0. The summed E-state index contributed by atoms with van der Waals surface area (Å²) in [5.41, 5.74) is 1.23. The highest BCUT2D eigenvalue weighted by Gasteiger charge is 2.33. The van der Waals surface area contributed by atoms with Gasteiger partial charge in [-0.15, -0.1) is 11.3 Å². The third-order valence-electron chi connectivity index (χ3n) is 6.71. The molecule has 6 heteroatoms. The molecule has 0 aliphatic carbocycles. The van der Waals surface area contributed by atoms with Crippen LogP contribution in [-0.4, -0.2) is 28.0 Å². The van der Waals surface area contributed by atoms with Gasteiger partial charge in [0.25, 0.3) is 0 Å². The number of ether oxygens (including phenoxy) is 2. The monoisotopic (exact) mass is 513 g/mol. The predicted octanol–water partition coefficient (Wildman–Crippen LogP) is 7.76. The van der Waals surface area contributed by atoms with E-state index in [4.69, 9.17) is 9.47 Å². The minimum atomic E-state index is -1.12. The van der Waals surface area contributed by atoms with Crippen LogP contribution in [0.5, 0.6) is 0 Å². The number of thiophene rings is 1. The molecule has 1 aliphatic heterocycles. The van der Waals surface area contributed by atoms with Gasteiger partial charge in [-0.05, 0) is 74.6 Å². The normalized spacial score (nSPS) is 17.6. The molecule has 0 bridgehead atoms. The molecule has 4 nitrogen and oxygen atoms in total. The molecule has 0 spiro atoms. The zero-order valence-corrected chi connectivity index (χ0v) is 23.1. The van der Waals surface area contributed by atoms with Crippen LogP contribution in [0.4, 0.5) is 0 Å². The van der Waals surface area contributed by atoms with Crippen molar-refractivity contribution >= 4 is 33.1 Å². The van der Waals surface area contributed by atoms with Crippen LogP contribution in [0, 0.1) is 0 Å². The van der Waals surface area contributed by atoms with Crippen LogP contribution in [0.25, 0.3) is 21.2 Å². The number of fused-ring (bicyclic) bond motifs is 1. The summed E-state index contributed by atoms with van der Waals surface area (Å²) >= 11 is 1.81. The molecule has 3 aromatic rings. The summed E-state index contributed by atoms with van der Waals surface area (Å²) in [5.74, 6) is -0.367. The lowest BCUT2D eigenvalue weighted by Gasteiger charge is -2.26. The lowest BCUT2D eigenvalue weighted by Crippen LogP contribution is -2.35. The minimum absolute atomic E-state index is 0.0772. The Bertz CT molecular complexity index is 1130. The molecule has 0 unspecified atom stereocenters. The minimum Gasteiger partial charge on any atom is -0.348 e. The maximum Gasteiger partial charge on any atom is 0.168 e. The highest BCUT2D eigenvalue weighted by molar-refractivity contribution is 7.84. The molecular weight excluding hydrogens is 474 g/mol. The molecule has 1 saturated heterocycles. The summed E-state index contributed by atoms with van der Waals surface area (Å²) in [6.07, 6.45) is 6.06. The molecule has 4 rings (SSSR count). The predicted molar refractivity (Wildman–Crippen MR) is 149 cm³/mol. The van der Waals surface area contributed by atoms with Crippen LogP contribution in [0.2, 0.25) is 0 Å². The van der Waals surface area contributed by atoms with Crippen molar-refractivity contribution in [2.24, 2.45) is 0 Å². The molecule has 2 aromatic carbocycles. The van der Waals surface area contributed by atoms with Gasteiger partial charge in [0.2, 0.25) is 0 Å². The van der Waals surface area contributed by atoms with Crippen molar-refractivity contribution in [2.45, 2.75) is 82.8 Å². The Hall–Kier alpha value is -1.57. The lowest BCUT2D eigenvalue weighted by molar-refractivity contribution is -0.164. The molecule has 1 aliphatic rings. The first kappa shape index (κ1) is 26.5. The third kappa shape index (κ3) is 6.80. The number of benzene rings is 2. The summed E-state index contributed by atoms with van der Waals surface area (Å²) < 4.78 is 27.9. The van der Waals surface area contributed by atoms with E-state index in [-0.39, 0.29) is 16.6 Å². The largest absolute Gasteiger partial charge is 0.348 e. The Labute approximate surface area is 217 Å². The quantitative estimate of drug-likeness (QED) is 0.266. The van der Waals surface area contributed by atoms with Gasteiger partial charge in [-0.1, -0.05) is 56.2 Å². The molecule has 1 fully saturated rings. The standard InChI is InChI=1S/C29H39NO3S2/c1-5-29(32-19-20-33-29)18-10-6-7-13-25(30-35(31)28(2,3)4)27-17-16-26(34-27)24-15-14-22-11-8-9-12-23(22)21-24/h8-9,11-12,14-17,21,25,30H,5-7,10,13,18-20H2,1-4H3/t25-,35+/m0/s1. The Morgan fingerprint density at radius 1 is 1.00 bits per heavy atom. The van der Waals surface area contributed by atoms with Gasteiger partial charge >= 0.3 is 0 Å². The van der Waals surface area contributed by atoms with E-state index in [2.05, 4.69) is 66.2 Å². The molecular formula is C29H39NO3S2. The first-order chi connectivity index (χ1) is 16.8. The summed E-state index contributed by atoms with van der Waals surface area (Å²) in [5, 5.41) is 2.51. The second kappa shape index (κ2) is 11.7. The number of rotatable bonds is 11. The third-order valence-corrected chi connectivity index (χ3v) is 9.57. The van der Waals surface area contributed by atoms with Gasteiger partial charge in [-0.3, -0.25) is 0 Å². The van der Waals surface area contributed by atoms with Crippen molar-refractivity contribution in [3.05, 3.63) is 59.5 Å². The molecule has 2 heterocycles. The Morgan fingerprint density at radius 2 is 1.74 bits per heavy atom. The molecule has 2 atom stereocenters. The van der Waals surface area contributed by atoms with Crippen molar-refractivity contribution in [2.75, 3.05) is 13.2 Å². The average Bonchev–Trinajstić information content (AvgIpc) is 3.53. The van der Waals surface area contributed by atoms with E-state index in [1.807, 2.05) is 20.8 Å². The molecule has 0 radical (unpaired) electrons. The second-order valence-electron chi connectivity index (χ2n) is 10.4. The Kier molecular flexibility index (Phi) is 8.82. The van der Waals surface area contributed by atoms with Crippen LogP contribution < -0.4 is 4.72 Å². The fourth-order valence-corrected chi connectivity index (χ4v) is 6.57. The Balaban J connectivity index is 1.43. The first-order valence-corrected chi connectivity index (χ1v) is 14.8. The summed E-state index contributed by atoms with van der Waals surface area (Å²) in [4.78, 5) is 2.50. The van der Waals surface area contributed by atoms with Crippen LogP contribution >= 0.6 is 11.3 Å². The van der Waals surface area contributed by atoms with Gasteiger partial charge in [0, 0.05) is 16.2 Å². The number of hydrogen-bond acceptors (Lipinski definition) is 4. The van der Waals surface area contributed by atoms with E-state index in [1.165, 1.54) is 26.1 Å². The van der Waals surface area contributed by atoms with Gasteiger partial charge in [0.15, 0.2) is 5.79 Å². The maximum atomic E-state index is 13.0. The van der Waals surface area contributed by atoms with Gasteiger partial charge < -0.3 is 9.47 Å². The average molecular weight is 514 g/mol. The van der Waals surface area contributed by atoms with Crippen LogP contribution in [0.15, 0.2) is 54.6 Å². The topological polar surface area (TPSA) is 47.6 Å². The van der Waals surface area contributed by atoms with Gasteiger partial charge in [-0.2, -0.15) is 0 Å². The van der Waals surface area contributed by atoms with Crippen molar-refractivity contribution in [3.8, 4) is 10.4 Å². The number of hydrogen-bond donors (Lipinski definition) is 1. The SMILES string of the molecule is CCC1(CCCCC[C@H](N[S@](=O)C(C)(C)C)c2ccc(-c3ccc4ccccc4c3)s2)OCCO1. The zero-order chi connectivity index (χ0) is 24.9. The highest BCUT2D eigenvalue weighted by atomic mass is 32.2. The van der Waals surface area contributed by atoms with Crippen molar-refractivity contribution in [1.29, 1.82) is 0 Å². The Morgan fingerprint density at radius 3 is 2.46 bits per heavy atom. The van der Waals surface area contributed by atoms with Gasteiger partial charge in [0.1, 0.15) is 0 Å². The van der Waals surface area contributed by atoms with E-state index in [1.54, 1.807) is 11.3 Å². The summed E-state index contributed by atoms with van der Waals surface area (Å²) in [7, 11) is -1.12. The molecule has 35 heavy (non-hydrogen) atoms. The highest BCUT2D eigenvalue weighted by Crippen LogP contribution is 2.36. The second-order valence-corrected chi connectivity index (χ2v) is 13.5. The first-order valence-electron chi connectivity index (χ1n) is 12.8. The molecule has 0 saturated carbocycles. The van der Waals surface area contributed by atoms with Crippen molar-refractivity contribution in [3.63, 3.8) is 0 Å².